The lowest BCUT2D eigenvalue weighted by atomic mass is 9.95. The highest BCUT2D eigenvalue weighted by Crippen LogP contribution is 2.25. The van der Waals surface area contributed by atoms with Crippen LogP contribution in [-0.4, -0.2) is 26.6 Å². The number of Topliss-reactive ketones (excluding diaryl/α,β-unsaturated/α-hetero) is 1. The molecule has 5 heteroatoms. The van der Waals surface area contributed by atoms with Crippen LogP contribution in [0.25, 0.3) is 0 Å². The summed E-state index contributed by atoms with van der Waals surface area (Å²) in [6, 6.07) is 0.463. The average Bonchev–Trinajstić information content (AvgIpc) is 2.45. The van der Waals surface area contributed by atoms with Gasteiger partial charge in [0.2, 0.25) is 5.95 Å². The van der Waals surface area contributed by atoms with Crippen molar-refractivity contribution in [2.75, 3.05) is 5.32 Å². The topological polar surface area (TPSA) is 54.9 Å². The Labute approximate surface area is 121 Å². The maximum absolute atomic E-state index is 12.1. The molecule has 1 atom stereocenters. The van der Waals surface area contributed by atoms with Gasteiger partial charge in [-0.1, -0.05) is 35.2 Å². The first-order valence-corrected chi connectivity index (χ1v) is 7.96. The molecule has 0 saturated heterocycles. The molecular weight excluding hydrogens is 306 g/mol. The van der Waals surface area contributed by atoms with Crippen LogP contribution >= 0.6 is 15.9 Å². The number of hydrogen-bond donors (Lipinski definition) is 1. The van der Waals surface area contributed by atoms with Crippen LogP contribution in [0.15, 0.2) is 6.20 Å². The molecule has 0 aliphatic heterocycles. The molecule has 2 aliphatic carbocycles. The Kier molecular flexibility index (Phi) is 3.82. The second-order valence-corrected chi connectivity index (χ2v) is 6.52. The Morgan fingerprint density at radius 1 is 1.21 bits per heavy atom. The number of rotatable bonds is 2. The van der Waals surface area contributed by atoms with E-state index >= 15 is 0 Å². The summed E-state index contributed by atoms with van der Waals surface area (Å²) < 4.78 is 0. The van der Waals surface area contributed by atoms with E-state index in [-0.39, 0.29) is 10.6 Å². The number of carbonyl (C=O) groups is 1. The molecule has 1 unspecified atom stereocenters. The summed E-state index contributed by atoms with van der Waals surface area (Å²) in [4.78, 5) is 20.8. The van der Waals surface area contributed by atoms with Gasteiger partial charge in [0.15, 0.2) is 5.78 Å². The monoisotopic (exact) mass is 323 g/mol. The van der Waals surface area contributed by atoms with E-state index in [1.165, 1.54) is 32.1 Å². The van der Waals surface area contributed by atoms with Crippen LogP contribution in [0.2, 0.25) is 0 Å². The van der Waals surface area contributed by atoms with Crippen LogP contribution in [0, 0.1) is 0 Å². The van der Waals surface area contributed by atoms with Crippen molar-refractivity contribution >= 4 is 27.7 Å². The molecule has 1 aromatic heterocycles. The number of aromatic nitrogens is 2. The predicted molar refractivity (Wildman–Crippen MR) is 77.9 cm³/mol. The van der Waals surface area contributed by atoms with Crippen LogP contribution in [0.1, 0.15) is 54.6 Å². The lowest BCUT2D eigenvalue weighted by Gasteiger charge is -2.24. The number of alkyl halides is 1. The summed E-state index contributed by atoms with van der Waals surface area (Å²) in [6.07, 6.45) is 9.74. The molecule has 102 valence electrons. The Morgan fingerprint density at radius 3 is 2.79 bits per heavy atom. The maximum atomic E-state index is 12.1. The zero-order valence-corrected chi connectivity index (χ0v) is 12.4. The van der Waals surface area contributed by atoms with E-state index in [1.54, 1.807) is 0 Å². The molecule has 0 amide bonds. The third-order valence-corrected chi connectivity index (χ3v) is 4.86. The van der Waals surface area contributed by atoms with Crippen molar-refractivity contribution in [1.82, 2.24) is 9.97 Å². The Bertz CT molecular complexity index is 486. The Balaban J connectivity index is 1.78. The quantitative estimate of drug-likeness (QED) is 0.849. The van der Waals surface area contributed by atoms with Crippen molar-refractivity contribution in [3.05, 3.63) is 17.5 Å². The van der Waals surface area contributed by atoms with Gasteiger partial charge in [0.1, 0.15) is 5.69 Å². The molecule has 0 spiro atoms. The molecule has 1 N–H and O–H groups in total. The number of anilines is 1. The van der Waals surface area contributed by atoms with Gasteiger partial charge in [-0.3, -0.25) is 4.79 Å². The fourth-order valence-corrected chi connectivity index (χ4v) is 3.31. The molecule has 1 fully saturated rings. The van der Waals surface area contributed by atoms with Gasteiger partial charge in [-0.15, -0.1) is 0 Å². The van der Waals surface area contributed by atoms with E-state index in [0.29, 0.717) is 17.7 Å². The first-order valence-electron chi connectivity index (χ1n) is 7.05. The van der Waals surface area contributed by atoms with Gasteiger partial charge >= 0.3 is 0 Å². The fourth-order valence-electron chi connectivity index (χ4n) is 2.86. The number of nitrogens with one attached hydrogen (secondary N) is 1. The first-order chi connectivity index (χ1) is 9.24. The second-order valence-electron chi connectivity index (χ2n) is 5.42. The fraction of sp³-hybridized carbons (Fsp3) is 0.643. The number of fused-ring (bicyclic) bond motifs is 1. The van der Waals surface area contributed by atoms with Crippen LogP contribution < -0.4 is 5.32 Å². The molecule has 3 rings (SSSR count). The number of ketones is 1. The van der Waals surface area contributed by atoms with E-state index in [4.69, 9.17) is 0 Å². The standard InChI is InChI=1S/C14H18BrN3O/c15-11-7-6-9-8-16-14(18-12(9)13(11)19)17-10-4-2-1-3-5-10/h8,10-11H,1-7H2,(H,16,17,18). The van der Waals surface area contributed by atoms with E-state index in [1.807, 2.05) is 6.20 Å². The van der Waals surface area contributed by atoms with Crippen molar-refractivity contribution in [1.29, 1.82) is 0 Å². The molecule has 19 heavy (non-hydrogen) atoms. The summed E-state index contributed by atoms with van der Waals surface area (Å²) in [6.45, 7) is 0. The summed E-state index contributed by atoms with van der Waals surface area (Å²) >= 11 is 3.42. The van der Waals surface area contributed by atoms with Gasteiger partial charge in [0.25, 0.3) is 0 Å². The van der Waals surface area contributed by atoms with Gasteiger partial charge < -0.3 is 5.32 Å². The molecule has 1 heterocycles. The lowest BCUT2D eigenvalue weighted by molar-refractivity contribution is 0.0976. The SMILES string of the molecule is O=C1c2nc(NC3CCCCC3)ncc2CCC1Br. The van der Waals surface area contributed by atoms with Gasteiger partial charge in [0.05, 0.1) is 4.83 Å². The predicted octanol–water partition coefficient (Wildman–Crippen LogP) is 3.11. The number of aryl methyl sites for hydroxylation is 1. The van der Waals surface area contributed by atoms with Gasteiger partial charge in [-0.2, -0.15) is 0 Å². The third-order valence-electron chi connectivity index (χ3n) is 3.99. The van der Waals surface area contributed by atoms with Crippen molar-refractivity contribution < 1.29 is 4.79 Å². The van der Waals surface area contributed by atoms with E-state index in [2.05, 4.69) is 31.2 Å². The van der Waals surface area contributed by atoms with Crippen LogP contribution in [-0.2, 0) is 6.42 Å². The molecule has 1 aromatic rings. The summed E-state index contributed by atoms with van der Waals surface area (Å²) in [5.74, 6) is 0.705. The minimum absolute atomic E-state index is 0.0857. The first kappa shape index (κ1) is 13.0. The second kappa shape index (κ2) is 5.57. The normalized spacial score (nSPS) is 24.1. The number of hydrogen-bond acceptors (Lipinski definition) is 4. The van der Waals surface area contributed by atoms with Crippen LogP contribution in [0.4, 0.5) is 5.95 Å². The molecule has 0 bridgehead atoms. The van der Waals surface area contributed by atoms with Gasteiger partial charge in [-0.05, 0) is 25.7 Å². The molecular formula is C14H18BrN3O. The lowest BCUT2D eigenvalue weighted by Crippen LogP contribution is -2.27. The van der Waals surface area contributed by atoms with Crippen molar-refractivity contribution in [2.45, 2.75) is 55.8 Å². The molecule has 2 aliphatic rings. The largest absolute Gasteiger partial charge is 0.351 e. The van der Waals surface area contributed by atoms with Crippen LogP contribution in [0.3, 0.4) is 0 Å². The Hall–Kier alpha value is -0.970. The zero-order chi connectivity index (χ0) is 13.2. The minimum atomic E-state index is -0.0857. The molecule has 4 nitrogen and oxygen atoms in total. The molecule has 0 radical (unpaired) electrons. The summed E-state index contributed by atoms with van der Waals surface area (Å²) in [5, 5.41) is 3.38. The smallest absolute Gasteiger partial charge is 0.223 e. The zero-order valence-electron chi connectivity index (χ0n) is 10.9. The molecule has 0 aromatic carbocycles. The van der Waals surface area contributed by atoms with Crippen LogP contribution in [0.5, 0.6) is 0 Å². The molecule has 1 saturated carbocycles. The van der Waals surface area contributed by atoms with Gasteiger partial charge in [0, 0.05) is 17.8 Å². The highest BCUT2D eigenvalue weighted by Gasteiger charge is 2.27. The van der Waals surface area contributed by atoms with E-state index in [9.17, 15) is 4.79 Å². The highest BCUT2D eigenvalue weighted by molar-refractivity contribution is 9.10. The maximum Gasteiger partial charge on any atom is 0.223 e. The third kappa shape index (κ3) is 2.81. The number of carbonyl (C=O) groups excluding carboxylic acids is 1. The minimum Gasteiger partial charge on any atom is -0.351 e. The highest BCUT2D eigenvalue weighted by atomic mass is 79.9. The van der Waals surface area contributed by atoms with Crippen molar-refractivity contribution in [2.24, 2.45) is 0 Å². The Morgan fingerprint density at radius 2 is 2.00 bits per heavy atom. The van der Waals surface area contributed by atoms with Crippen molar-refractivity contribution in [3.8, 4) is 0 Å². The average molecular weight is 324 g/mol. The summed E-state index contributed by atoms with van der Waals surface area (Å²) in [7, 11) is 0. The van der Waals surface area contributed by atoms with E-state index < -0.39 is 0 Å². The van der Waals surface area contributed by atoms with Gasteiger partial charge in [-0.25, -0.2) is 9.97 Å². The number of halogens is 1. The van der Waals surface area contributed by atoms with Crippen molar-refractivity contribution in [3.63, 3.8) is 0 Å². The van der Waals surface area contributed by atoms with E-state index in [0.717, 1.165) is 18.4 Å². The number of nitrogens with zero attached hydrogens (tertiary/aromatic N) is 2. The summed E-state index contributed by atoms with van der Waals surface area (Å²) in [5.41, 5.74) is 1.58.